The predicted molar refractivity (Wildman–Crippen MR) is 136 cm³/mol. The summed E-state index contributed by atoms with van der Waals surface area (Å²) in [5, 5.41) is 3.44. The van der Waals surface area contributed by atoms with E-state index in [1.807, 2.05) is 0 Å². The van der Waals surface area contributed by atoms with Crippen LogP contribution in [0.25, 0.3) is 10.6 Å². The number of ether oxygens (including phenoxy) is 2. The number of hydrogen-bond acceptors (Lipinski definition) is 6. The van der Waals surface area contributed by atoms with E-state index in [0.717, 1.165) is 36.6 Å². The third-order valence-corrected chi connectivity index (χ3v) is 6.89. The Balaban J connectivity index is 1.65. The Morgan fingerprint density at radius 3 is 2.39 bits per heavy atom. The quantitative estimate of drug-likeness (QED) is 0.333. The number of carbonyl (C=O) groups excluding carboxylic acids is 1. The Bertz CT molecular complexity index is 1160. The second-order valence-corrected chi connectivity index (χ2v) is 9.15. The fourth-order valence-corrected chi connectivity index (χ4v) is 4.63. The van der Waals surface area contributed by atoms with Gasteiger partial charge in [0, 0.05) is 28.7 Å². The SMILES string of the molecule is CCN(CC)CCOc1cc(NC(=O)Cc2sc(-c3ccc(C(F)(F)F)cc3)nc2C)ccc1OC. The molecule has 0 atom stereocenters. The molecule has 1 amide bonds. The van der Waals surface area contributed by atoms with Crippen LogP contribution >= 0.6 is 11.3 Å². The van der Waals surface area contributed by atoms with Gasteiger partial charge in [0.15, 0.2) is 11.5 Å². The van der Waals surface area contributed by atoms with Gasteiger partial charge in [-0.15, -0.1) is 11.3 Å². The summed E-state index contributed by atoms with van der Waals surface area (Å²) in [5.41, 5.74) is 1.10. The number of carbonyl (C=O) groups is 1. The predicted octanol–water partition coefficient (Wildman–Crippen LogP) is 6.05. The number of halogens is 3. The van der Waals surface area contributed by atoms with Crippen molar-refractivity contribution in [3.63, 3.8) is 0 Å². The molecule has 0 aliphatic carbocycles. The lowest BCUT2D eigenvalue weighted by atomic mass is 10.1. The normalized spacial score (nSPS) is 11.6. The van der Waals surface area contributed by atoms with Gasteiger partial charge in [-0.05, 0) is 44.3 Å². The Hall–Kier alpha value is -3.11. The molecule has 0 aliphatic heterocycles. The van der Waals surface area contributed by atoms with Crippen LogP contribution < -0.4 is 14.8 Å². The van der Waals surface area contributed by atoms with Crippen molar-refractivity contribution in [2.24, 2.45) is 0 Å². The fourth-order valence-electron chi connectivity index (χ4n) is 3.56. The summed E-state index contributed by atoms with van der Waals surface area (Å²) in [5.74, 6) is 0.882. The number of methoxy groups -OCH3 is 1. The standard InChI is InChI=1S/C26H30F3N3O3S/c1-5-32(6-2)13-14-35-22-15-20(11-12-21(22)34-4)31-24(33)16-23-17(3)30-25(36-23)18-7-9-19(10-8-18)26(27,28)29/h7-12,15H,5-6,13-14,16H2,1-4H3,(H,31,33). The average Bonchev–Trinajstić information content (AvgIpc) is 3.21. The van der Waals surface area contributed by atoms with E-state index in [4.69, 9.17) is 9.47 Å². The van der Waals surface area contributed by atoms with Gasteiger partial charge in [0.2, 0.25) is 5.91 Å². The lowest BCUT2D eigenvalue weighted by molar-refractivity contribution is -0.137. The Labute approximate surface area is 213 Å². The van der Waals surface area contributed by atoms with Gasteiger partial charge in [-0.2, -0.15) is 13.2 Å². The monoisotopic (exact) mass is 521 g/mol. The van der Waals surface area contributed by atoms with Crippen molar-refractivity contribution in [3.8, 4) is 22.1 Å². The van der Waals surface area contributed by atoms with Gasteiger partial charge in [0.25, 0.3) is 0 Å². The van der Waals surface area contributed by atoms with E-state index in [0.29, 0.717) is 40.1 Å². The van der Waals surface area contributed by atoms with Crippen LogP contribution in [0.2, 0.25) is 0 Å². The molecule has 194 valence electrons. The zero-order valence-corrected chi connectivity index (χ0v) is 21.6. The minimum atomic E-state index is -4.39. The van der Waals surface area contributed by atoms with Crippen molar-refractivity contribution in [2.75, 3.05) is 38.7 Å². The summed E-state index contributed by atoms with van der Waals surface area (Å²) in [6.07, 6.45) is -4.30. The van der Waals surface area contributed by atoms with E-state index >= 15 is 0 Å². The van der Waals surface area contributed by atoms with Gasteiger partial charge in [-0.1, -0.05) is 26.0 Å². The molecule has 10 heteroatoms. The molecule has 0 unspecified atom stereocenters. The number of aryl methyl sites for hydroxylation is 1. The number of anilines is 1. The number of nitrogens with one attached hydrogen (secondary N) is 1. The first-order chi connectivity index (χ1) is 17.1. The molecule has 36 heavy (non-hydrogen) atoms. The van der Waals surface area contributed by atoms with Crippen LogP contribution in [-0.2, 0) is 17.4 Å². The first-order valence-electron chi connectivity index (χ1n) is 11.6. The number of amides is 1. The summed E-state index contributed by atoms with van der Waals surface area (Å²) in [6, 6.07) is 10.1. The summed E-state index contributed by atoms with van der Waals surface area (Å²) in [4.78, 5) is 20.2. The molecule has 0 spiro atoms. The van der Waals surface area contributed by atoms with Gasteiger partial charge in [0.1, 0.15) is 11.6 Å². The molecule has 3 rings (SSSR count). The number of aromatic nitrogens is 1. The van der Waals surface area contributed by atoms with E-state index in [1.165, 1.54) is 23.5 Å². The van der Waals surface area contributed by atoms with Crippen molar-refractivity contribution >= 4 is 22.9 Å². The summed E-state index contributed by atoms with van der Waals surface area (Å²) in [7, 11) is 1.56. The van der Waals surface area contributed by atoms with E-state index in [1.54, 1.807) is 32.2 Å². The highest BCUT2D eigenvalue weighted by Gasteiger charge is 2.30. The molecular weight excluding hydrogens is 491 g/mol. The first-order valence-corrected chi connectivity index (χ1v) is 12.4. The number of hydrogen-bond donors (Lipinski definition) is 1. The van der Waals surface area contributed by atoms with Crippen molar-refractivity contribution in [2.45, 2.75) is 33.4 Å². The molecule has 1 N–H and O–H groups in total. The number of nitrogens with zero attached hydrogens (tertiary/aromatic N) is 2. The fraction of sp³-hybridized carbons (Fsp3) is 0.385. The van der Waals surface area contributed by atoms with Crippen molar-refractivity contribution in [3.05, 3.63) is 58.6 Å². The molecule has 0 saturated heterocycles. The topological polar surface area (TPSA) is 63.7 Å². The van der Waals surface area contributed by atoms with Gasteiger partial charge in [0.05, 0.1) is 24.8 Å². The third kappa shape index (κ3) is 7.20. The molecule has 1 heterocycles. The number of thiazole rings is 1. The van der Waals surface area contributed by atoms with Gasteiger partial charge in [-0.3, -0.25) is 4.79 Å². The molecule has 0 radical (unpaired) electrons. The molecule has 1 aromatic heterocycles. The highest BCUT2D eigenvalue weighted by Crippen LogP contribution is 2.34. The molecule has 3 aromatic rings. The Kier molecular flexibility index (Phi) is 9.33. The molecule has 6 nitrogen and oxygen atoms in total. The van der Waals surface area contributed by atoms with E-state index in [-0.39, 0.29) is 12.3 Å². The second-order valence-electron chi connectivity index (χ2n) is 8.07. The van der Waals surface area contributed by atoms with E-state index in [9.17, 15) is 18.0 Å². The maximum Gasteiger partial charge on any atom is 0.416 e. The van der Waals surface area contributed by atoms with E-state index < -0.39 is 11.7 Å². The van der Waals surface area contributed by atoms with Crippen LogP contribution in [0.1, 0.15) is 30.0 Å². The molecule has 0 bridgehead atoms. The maximum absolute atomic E-state index is 12.8. The molecule has 0 aliphatic rings. The highest BCUT2D eigenvalue weighted by molar-refractivity contribution is 7.15. The van der Waals surface area contributed by atoms with E-state index in [2.05, 4.69) is 29.0 Å². The van der Waals surface area contributed by atoms with Crippen LogP contribution in [0.3, 0.4) is 0 Å². The minimum Gasteiger partial charge on any atom is -0.493 e. The Morgan fingerprint density at radius 1 is 1.08 bits per heavy atom. The lowest BCUT2D eigenvalue weighted by Crippen LogP contribution is -2.28. The lowest BCUT2D eigenvalue weighted by Gasteiger charge is -2.19. The van der Waals surface area contributed by atoms with Crippen LogP contribution in [0.5, 0.6) is 11.5 Å². The van der Waals surface area contributed by atoms with Gasteiger partial charge >= 0.3 is 6.18 Å². The zero-order valence-electron chi connectivity index (χ0n) is 20.7. The summed E-state index contributed by atoms with van der Waals surface area (Å²) >= 11 is 1.29. The van der Waals surface area contributed by atoms with Crippen molar-refractivity contribution < 1.29 is 27.4 Å². The summed E-state index contributed by atoms with van der Waals surface area (Å²) in [6.45, 7) is 9.10. The van der Waals surface area contributed by atoms with Crippen LogP contribution in [0, 0.1) is 6.92 Å². The maximum atomic E-state index is 12.8. The van der Waals surface area contributed by atoms with Crippen molar-refractivity contribution in [1.82, 2.24) is 9.88 Å². The second kappa shape index (κ2) is 12.2. The van der Waals surface area contributed by atoms with Crippen LogP contribution in [0.15, 0.2) is 42.5 Å². The number of alkyl halides is 3. The Morgan fingerprint density at radius 2 is 1.78 bits per heavy atom. The number of rotatable bonds is 11. The largest absolute Gasteiger partial charge is 0.493 e. The number of benzene rings is 2. The highest BCUT2D eigenvalue weighted by atomic mass is 32.1. The molecule has 0 fully saturated rings. The molecule has 0 saturated carbocycles. The van der Waals surface area contributed by atoms with Gasteiger partial charge < -0.3 is 19.7 Å². The minimum absolute atomic E-state index is 0.0916. The van der Waals surface area contributed by atoms with Crippen molar-refractivity contribution in [1.29, 1.82) is 0 Å². The zero-order chi connectivity index (χ0) is 26.3. The third-order valence-electron chi connectivity index (χ3n) is 5.68. The molecule has 2 aromatic carbocycles. The summed E-state index contributed by atoms with van der Waals surface area (Å²) < 4.78 is 49.8. The smallest absolute Gasteiger partial charge is 0.416 e. The number of likely N-dealkylation sites (N-methyl/N-ethyl adjacent to an activating group) is 1. The van der Waals surface area contributed by atoms with Crippen LogP contribution in [0.4, 0.5) is 18.9 Å². The van der Waals surface area contributed by atoms with Crippen LogP contribution in [-0.4, -0.2) is 49.1 Å². The first kappa shape index (κ1) is 27.5. The molecular formula is C26H30F3N3O3S. The van der Waals surface area contributed by atoms with Gasteiger partial charge in [-0.25, -0.2) is 4.98 Å². The average molecular weight is 522 g/mol.